The summed E-state index contributed by atoms with van der Waals surface area (Å²) in [7, 11) is 0. The van der Waals surface area contributed by atoms with Crippen LogP contribution in [0.25, 0.3) is 10.9 Å². The first kappa shape index (κ1) is 11.5. The van der Waals surface area contributed by atoms with Crippen molar-refractivity contribution in [1.82, 2.24) is 15.5 Å². The summed E-state index contributed by atoms with van der Waals surface area (Å²) in [5.74, 6) is 1.53. The van der Waals surface area contributed by atoms with Crippen molar-refractivity contribution < 1.29 is 0 Å². The van der Waals surface area contributed by atoms with E-state index in [1.165, 1.54) is 48.8 Å². The van der Waals surface area contributed by atoms with Gasteiger partial charge in [0, 0.05) is 10.8 Å². The second-order valence-corrected chi connectivity index (χ2v) is 6.40. The van der Waals surface area contributed by atoms with E-state index in [-0.39, 0.29) is 0 Å². The molecule has 1 saturated heterocycles. The molecule has 0 radical (unpaired) electrons. The number of hydrogen-bond acceptors (Lipinski definition) is 2. The van der Waals surface area contributed by atoms with Gasteiger partial charge in [-0.15, -0.1) is 0 Å². The van der Waals surface area contributed by atoms with Gasteiger partial charge in [-0.2, -0.15) is 5.10 Å². The monoisotopic (exact) mass is 255 g/mol. The molecule has 1 saturated carbocycles. The summed E-state index contributed by atoms with van der Waals surface area (Å²) in [6.07, 6.45) is 6.12. The van der Waals surface area contributed by atoms with E-state index in [4.69, 9.17) is 0 Å². The zero-order valence-electron chi connectivity index (χ0n) is 11.4. The largest absolute Gasteiger partial charge is 0.316 e. The topological polar surface area (TPSA) is 40.7 Å². The van der Waals surface area contributed by atoms with Gasteiger partial charge in [0.05, 0.1) is 11.7 Å². The zero-order valence-corrected chi connectivity index (χ0v) is 11.4. The maximum absolute atomic E-state index is 4.24. The Kier molecular flexibility index (Phi) is 2.46. The van der Waals surface area contributed by atoms with Crippen LogP contribution in [-0.2, 0) is 5.41 Å². The van der Waals surface area contributed by atoms with Gasteiger partial charge in [-0.25, -0.2) is 0 Å². The summed E-state index contributed by atoms with van der Waals surface area (Å²) in [5, 5.41) is 12.3. The predicted octanol–water partition coefficient (Wildman–Crippen LogP) is 2.84. The molecule has 2 aromatic rings. The number of H-pyrrole nitrogens is 1. The fourth-order valence-corrected chi connectivity index (χ4v) is 4.48. The van der Waals surface area contributed by atoms with Crippen molar-refractivity contribution in [2.24, 2.45) is 11.8 Å². The molecule has 100 valence electrons. The smallest absolute Gasteiger partial charge is 0.0653 e. The summed E-state index contributed by atoms with van der Waals surface area (Å²) in [4.78, 5) is 0. The van der Waals surface area contributed by atoms with Crippen LogP contribution in [0, 0.1) is 11.8 Å². The first-order valence-corrected chi connectivity index (χ1v) is 7.43. The average molecular weight is 255 g/mol. The lowest BCUT2D eigenvalue weighted by molar-refractivity contribution is 0.0831. The van der Waals surface area contributed by atoms with Gasteiger partial charge in [0.2, 0.25) is 0 Å². The van der Waals surface area contributed by atoms with E-state index >= 15 is 0 Å². The van der Waals surface area contributed by atoms with Crippen molar-refractivity contribution in [2.45, 2.75) is 31.6 Å². The minimum atomic E-state index is 0.312. The van der Waals surface area contributed by atoms with Gasteiger partial charge in [0.15, 0.2) is 0 Å². The maximum Gasteiger partial charge on any atom is 0.0653 e. The first-order chi connectivity index (χ1) is 9.30. The Labute approximate surface area is 113 Å². The second-order valence-electron chi connectivity index (χ2n) is 6.40. The molecule has 1 aliphatic heterocycles. The SMILES string of the molecule is CC1(c2cccc3[nH]ncc23)C2CCCC1CNC2. The van der Waals surface area contributed by atoms with Crippen LogP contribution in [0.2, 0.25) is 0 Å². The molecule has 3 nitrogen and oxygen atoms in total. The lowest BCUT2D eigenvalue weighted by Crippen LogP contribution is -2.55. The highest BCUT2D eigenvalue weighted by atomic mass is 15.1. The number of benzene rings is 1. The van der Waals surface area contributed by atoms with E-state index in [9.17, 15) is 0 Å². The van der Waals surface area contributed by atoms with Crippen LogP contribution in [0.15, 0.2) is 24.4 Å². The van der Waals surface area contributed by atoms with E-state index in [1.807, 2.05) is 6.20 Å². The Hall–Kier alpha value is -1.35. The normalized spacial score (nSPS) is 34.6. The van der Waals surface area contributed by atoms with Crippen LogP contribution in [0.1, 0.15) is 31.7 Å². The lowest BCUT2D eigenvalue weighted by Gasteiger charge is -2.52. The van der Waals surface area contributed by atoms with Crippen LogP contribution in [0.4, 0.5) is 0 Å². The molecule has 2 bridgehead atoms. The molecule has 3 heteroatoms. The Balaban J connectivity index is 1.92. The van der Waals surface area contributed by atoms with Crippen molar-refractivity contribution in [3.63, 3.8) is 0 Å². The molecule has 4 rings (SSSR count). The number of fused-ring (bicyclic) bond motifs is 3. The third-order valence-corrected chi connectivity index (χ3v) is 5.65. The van der Waals surface area contributed by atoms with Gasteiger partial charge in [0.25, 0.3) is 0 Å². The molecular weight excluding hydrogens is 234 g/mol. The van der Waals surface area contributed by atoms with Crippen molar-refractivity contribution in [1.29, 1.82) is 0 Å². The molecule has 0 spiro atoms. The summed E-state index contributed by atoms with van der Waals surface area (Å²) in [6, 6.07) is 6.64. The van der Waals surface area contributed by atoms with Crippen LogP contribution < -0.4 is 5.32 Å². The molecule has 2 unspecified atom stereocenters. The van der Waals surface area contributed by atoms with Crippen LogP contribution >= 0.6 is 0 Å². The first-order valence-electron chi connectivity index (χ1n) is 7.43. The summed E-state index contributed by atoms with van der Waals surface area (Å²) in [6.45, 7) is 4.83. The van der Waals surface area contributed by atoms with Gasteiger partial charge in [-0.3, -0.25) is 5.10 Å². The van der Waals surface area contributed by atoms with E-state index in [2.05, 4.69) is 40.6 Å². The minimum absolute atomic E-state index is 0.312. The number of hydrogen-bond donors (Lipinski definition) is 2. The minimum Gasteiger partial charge on any atom is -0.316 e. The number of rotatable bonds is 1. The van der Waals surface area contributed by atoms with Crippen LogP contribution in [-0.4, -0.2) is 23.3 Å². The molecular formula is C16H21N3. The molecule has 2 aliphatic rings. The Bertz CT molecular complexity index is 579. The number of piperidine rings is 1. The van der Waals surface area contributed by atoms with Gasteiger partial charge in [0.1, 0.15) is 0 Å². The number of nitrogens with zero attached hydrogens (tertiary/aromatic N) is 1. The molecule has 0 amide bonds. The molecule has 1 aromatic heterocycles. The predicted molar refractivity (Wildman–Crippen MR) is 77.1 cm³/mol. The van der Waals surface area contributed by atoms with Crippen molar-refractivity contribution >= 4 is 10.9 Å². The molecule has 1 aliphatic carbocycles. The molecule has 19 heavy (non-hydrogen) atoms. The van der Waals surface area contributed by atoms with E-state index < -0.39 is 0 Å². The van der Waals surface area contributed by atoms with E-state index in [1.54, 1.807) is 0 Å². The molecule has 2 fully saturated rings. The van der Waals surface area contributed by atoms with Crippen LogP contribution in [0.5, 0.6) is 0 Å². The van der Waals surface area contributed by atoms with Crippen molar-refractivity contribution in [3.8, 4) is 0 Å². The van der Waals surface area contributed by atoms with Crippen LogP contribution in [0.3, 0.4) is 0 Å². The Morgan fingerprint density at radius 3 is 2.79 bits per heavy atom. The average Bonchev–Trinajstić information content (AvgIpc) is 2.85. The van der Waals surface area contributed by atoms with Gasteiger partial charge < -0.3 is 5.32 Å². The second kappa shape index (κ2) is 4.07. The highest BCUT2D eigenvalue weighted by Crippen LogP contribution is 2.50. The van der Waals surface area contributed by atoms with Crippen molar-refractivity contribution in [3.05, 3.63) is 30.0 Å². The quantitative estimate of drug-likeness (QED) is 0.822. The molecule has 1 aromatic carbocycles. The summed E-state index contributed by atoms with van der Waals surface area (Å²) in [5.41, 5.74) is 3.00. The maximum atomic E-state index is 4.24. The number of nitrogens with one attached hydrogen (secondary N) is 2. The molecule has 2 atom stereocenters. The van der Waals surface area contributed by atoms with Gasteiger partial charge in [-0.05, 0) is 49.4 Å². The Morgan fingerprint density at radius 1 is 1.21 bits per heavy atom. The fourth-order valence-electron chi connectivity index (χ4n) is 4.48. The lowest BCUT2D eigenvalue weighted by atomic mass is 9.56. The Morgan fingerprint density at radius 2 is 2.00 bits per heavy atom. The zero-order chi connectivity index (χ0) is 12.9. The van der Waals surface area contributed by atoms with Gasteiger partial charge in [-0.1, -0.05) is 25.5 Å². The van der Waals surface area contributed by atoms with Crippen molar-refractivity contribution in [2.75, 3.05) is 13.1 Å². The number of aromatic amines is 1. The van der Waals surface area contributed by atoms with Gasteiger partial charge >= 0.3 is 0 Å². The summed E-state index contributed by atoms with van der Waals surface area (Å²) < 4.78 is 0. The highest BCUT2D eigenvalue weighted by Gasteiger charge is 2.47. The number of aromatic nitrogens is 2. The van der Waals surface area contributed by atoms with E-state index in [0.29, 0.717) is 5.41 Å². The highest BCUT2D eigenvalue weighted by molar-refractivity contribution is 5.82. The third-order valence-electron chi connectivity index (χ3n) is 5.65. The standard InChI is InChI=1S/C16H21N3/c1-16(11-4-2-5-12(16)9-17-8-11)14-6-3-7-15-13(14)10-18-19-15/h3,6-7,10-12,17H,2,4-5,8-9H2,1H3,(H,18,19). The molecule has 2 N–H and O–H groups in total. The summed E-state index contributed by atoms with van der Waals surface area (Å²) >= 11 is 0. The van der Waals surface area contributed by atoms with E-state index in [0.717, 1.165) is 11.8 Å². The molecule has 2 heterocycles. The third kappa shape index (κ3) is 1.51. The fraction of sp³-hybridized carbons (Fsp3) is 0.562.